The van der Waals surface area contributed by atoms with Gasteiger partial charge in [0.25, 0.3) is 0 Å². The molecule has 0 aliphatic carbocycles. The second-order valence-electron chi connectivity index (χ2n) is 21.9. The average molecular weight is 796 g/mol. The number of imidazole rings is 1. The first-order valence-corrected chi connectivity index (χ1v) is 21.6. The molecule has 2 aromatic heterocycles. The Morgan fingerprint density at radius 2 is 1.00 bits per heavy atom. The molecule has 5 aromatic carbocycles. The molecule has 4 heteroatoms. The highest BCUT2D eigenvalue weighted by Gasteiger charge is 2.31. The van der Waals surface area contributed by atoms with E-state index in [1.807, 2.05) is 30.5 Å². The van der Waals surface area contributed by atoms with Crippen molar-refractivity contribution in [1.82, 2.24) is 14.5 Å². The number of aromatic hydroxyl groups is 1. The Labute approximate surface area is 359 Å². The highest BCUT2D eigenvalue weighted by atomic mass is 16.3. The van der Waals surface area contributed by atoms with E-state index in [4.69, 9.17) is 9.97 Å². The Kier molecular flexibility index (Phi) is 10.6. The van der Waals surface area contributed by atoms with Crippen molar-refractivity contribution in [3.05, 3.63) is 143 Å². The summed E-state index contributed by atoms with van der Waals surface area (Å²) in [6, 6.07) is 39.0. The molecule has 0 atom stereocenters. The summed E-state index contributed by atoms with van der Waals surface area (Å²) in [6.45, 7) is 34.5. The third kappa shape index (κ3) is 8.31. The number of hydrogen-bond acceptors (Lipinski definition) is 3. The minimum Gasteiger partial charge on any atom is -0.507 e. The number of phenols is 1. The maximum absolute atomic E-state index is 11.3. The summed E-state index contributed by atoms with van der Waals surface area (Å²) < 4.78 is 2.22. The van der Waals surface area contributed by atoms with Gasteiger partial charge in [-0.1, -0.05) is 158 Å². The number of phenolic OH excluding ortho intramolecular Hbond substituents is 1. The Morgan fingerprint density at radius 1 is 0.450 bits per heavy atom. The molecule has 0 aliphatic rings. The first-order chi connectivity index (χ1) is 27.8. The maximum Gasteiger partial charge on any atom is 0.149 e. The van der Waals surface area contributed by atoms with Crippen LogP contribution >= 0.6 is 0 Å². The zero-order valence-corrected chi connectivity index (χ0v) is 38.8. The molecule has 0 radical (unpaired) electrons. The van der Waals surface area contributed by atoms with Gasteiger partial charge in [-0.2, -0.15) is 0 Å². The third-order valence-corrected chi connectivity index (χ3v) is 11.9. The van der Waals surface area contributed by atoms with Crippen molar-refractivity contribution in [2.75, 3.05) is 0 Å². The van der Waals surface area contributed by atoms with E-state index in [0.717, 1.165) is 44.7 Å². The van der Waals surface area contributed by atoms with Crippen LogP contribution in [0.25, 0.3) is 61.6 Å². The molecule has 0 aliphatic heterocycles. The van der Waals surface area contributed by atoms with Crippen LogP contribution in [0, 0.1) is 0 Å². The minimum absolute atomic E-state index is 0.00249. The van der Waals surface area contributed by atoms with Crippen molar-refractivity contribution in [2.24, 2.45) is 0 Å². The van der Waals surface area contributed by atoms with E-state index in [-0.39, 0.29) is 32.8 Å². The molecule has 0 amide bonds. The quantitative estimate of drug-likeness (QED) is 0.189. The van der Waals surface area contributed by atoms with Gasteiger partial charge in [-0.25, -0.2) is 4.98 Å². The number of aromatic nitrogens is 3. The van der Waals surface area contributed by atoms with Crippen LogP contribution in [0.15, 0.2) is 115 Å². The van der Waals surface area contributed by atoms with E-state index in [1.165, 1.54) is 33.4 Å². The number of benzene rings is 5. The van der Waals surface area contributed by atoms with Gasteiger partial charge in [-0.3, -0.25) is 9.55 Å². The van der Waals surface area contributed by atoms with Crippen molar-refractivity contribution in [2.45, 2.75) is 131 Å². The Bertz CT molecular complexity index is 2680. The van der Waals surface area contributed by atoms with Crippen LogP contribution in [0.1, 0.15) is 132 Å². The zero-order valence-electron chi connectivity index (χ0n) is 38.8. The van der Waals surface area contributed by atoms with E-state index >= 15 is 0 Å². The molecule has 0 unspecified atom stereocenters. The van der Waals surface area contributed by atoms with Gasteiger partial charge in [0.2, 0.25) is 0 Å². The van der Waals surface area contributed by atoms with Crippen LogP contribution in [0.3, 0.4) is 0 Å². The van der Waals surface area contributed by atoms with Gasteiger partial charge in [0.15, 0.2) is 0 Å². The number of para-hydroxylation sites is 2. The number of rotatable bonds is 5. The molecule has 0 saturated heterocycles. The van der Waals surface area contributed by atoms with Crippen LogP contribution in [-0.2, 0) is 27.1 Å². The van der Waals surface area contributed by atoms with Gasteiger partial charge in [-0.05, 0) is 126 Å². The molecule has 60 heavy (non-hydrogen) atoms. The topological polar surface area (TPSA) is 50.9 Å². The van der Waals surface area contributed by atoms with E-state index in [2.05, 4.69) is 187 Å². The van der Waals surface area contributed by atoms with E-state index in [1.54, 1.807) is 6.07 Å². The normalized spacial score (nSPS) is 13.0. The van der Waals surface area contributed by atoms with Crippen molar-refractivity contribution in [3.63, 3.8) is 0 Å². The van der Waals surface area contributed by atoms with Crippen LogP contribution in [0.2, 0.25) is 0 Å². The van der Waals surface area contributed by atoms with Crippen molar-refractivity contribution >= 4 is 11.0 Å². The lowest BCUT2D eigenvalue weighted by molar-refractivity contribution is 0.477. The monoisotopic (exact) mass is 796 g/mol. The molecular weight excluding hydrogens is 731 g/mol. The molecule has 0 fully saturated rings. The smallest absolute Gasteiger partial charge is 0.149 e. The Balaban J connectivity index is 1.58. The summed E-state index contributed by atoms with van der Waals surface area (Å²) in [6.07, 6.45) is 1.98. The molecule has 7 rings (SSSR count). The van der Waals surface area contributed by atoms with Gasteiger partial charge in [0, 0.05) is 23.0 Å². The second-order valence-corrected chi connectivity index (χ2v) is 21.9. The molecule has 0 bridgehead atoms. The van der Waals surface area contributed by atoms with Gasteiger partial charge >= 0.3 is 0 Å². The predicted octanol–water partition coefficient (Wildman–Crippen LogP) is 15.3. The lowest BCUT2D eigenvalue weighted by atomic mass is 9.74. The SMILES string of the molecule is CC(C)(C)c1cc(-c2ccnc(-c3cc(-c4cc(C(C)(C)C)cc5c4nc(-c4ccccc4O)n5-c4ccccc4)c(C(C)(C)C)cc3C(C)(C)C)c2)cc(C(C)(C)C)c1. The van der Waals surface area contributed by atoms with Gasteiger partial charge in [-0.15, -0.1) is 0 Å². The lowest BCUT2D eigenvalue weighted by Gasteiger charge is -2.31. The molecule has 2 heterocycles. The molecule has 310 valence electrons. The zero-order chi connectivity index (χ0) is 43.7. The Morgan fingerprint density at radius 3 is 1.57 bits per heavy atom. The minimum atomic E-state index is -0.202. The molecule has 7 aromatic rings. The fourth-order valence-corrected chi connectivity index (χ4v) is 8.19. The van der Waals surface area contributed by atoms with Crippen molar-refractivity contribution < 1.29 is 5.11 Å². The van der Waals surface area contributed by atoms with Crippen molar-refractivity contribution in [3.8, 4) is 56.3 Å². The van der Waals surface area contributed by atoms with E-state index in [9.17, 15) is 5.11 Å². The number of hydrogen-bond donors (Lipinski definition) is 1. The molecule has 1 N–H and O–H groups in total. The predicted molar refractivity (Wildman–Crippen MR) is 256 cm³/mol. The first kappa shape index (κ1) is 42.6. The Hall–Kier alpha value is -5.48. The largest absolute Gasteiger partial charge is 0.507 e. The van der Waals surface area contributed by atoms with Gasteiger partial charge in [0.1, 0.15) is 11.6 Å². The average Bonchev–Trinajstić information content (AvgIpc) is 3.55. The highest BCUT2D eigenvalue weighted by Crippen LogP contribution is 2.47. The lowest BCUT2D eigenvalue weighted by Crippen LogP contribution is -2.19. The van der Waals surface area contributed by atoms with Gasteiger partial charge < -0.3 is 5.11 Å². The van der Waals surface area contributed by atoms with E-state index < -0.39 is 0 Å². The maximum atomic E-state index is 11.3. The molecule has 0 spiro atoms. The first-order valence-electron chi connectivity index (χ1n) is 21.6. The van der Waals surface area contributed by atoms with Crippen molar-refractivity contribution in [1.29, 1.82) is 0 Å². The number of pyridine rings is 1. The summed E-state index contributed by atoms with van der Waals surface area (Å²) >= 11 is 0. The van der Waals surface area contributed by atoms with Crippen LogP contribution in [0.4, 0.5) is 0 Å². The third-order valence-electron chi connectivity index (χ3n) is 11.9. The fraction of sp³-hybridized carbons (Fsp3) is 0.357. The number of nitrogens with zero attached hydrogens (tertiary/aromatic N) is 3. The summed E-state index contributed by atoms with van der Waals surface area (Å²) in [5.41, 5.74) is 16.1. The highest BCUT2D eigenvalue weighted by molar-refractivity contribution is 5.98. The second kappa shape index (κ2) is 14.9. The van der Waals surface area contributed by atoms with Crippen LogP contribution < -0.4 is 0 Å². The summed E-state index contributed by atoms with van der Waals surface area (Å²) in [7, 11) is 0. The van der Waals surface area contributed by atoms with Crippen LogP contribution in [-0.4, -0.2) is 19.6 Å². The standard InChI is InChI=1S/C56H65N3O/c1-52(2,3)37-27-36(28-38(30-37)53(4,5)6)35-25-26-57-47(29-35)44-33-42(45(55(10,11)12)34-46(44)56(13,14)15)43-31-39(54(7,8)9)32-48-50(43)58-51(41-23-19-20-24-49(41)60)59(48)40-21-17-16-18-22-40/h16-34,60H,1-15H3. The van der Waals surface area contributed by atoms with Crippen LogP contribution in [0.5, 0.6) is 5.75 Å². The summed E-state index contributed by atoms with van der Waals surface area (Å²) in [4.78, 5) is 10.7. The van der Waals surface area contributed by atoms with Gasteiger partial charge in [0.05, 0.1) is 22.3 Å². The summed E-state index contributed by atoms with van der Waals surface area (Å²) in [5.74, 6) is 0.898. The summed E-state index contributed by atoms with van der Waals surface area (Å²) in [5, 5.41) is 11.3. The number of fused-ring (bicyclic) bond motifs is 1. The molecular formula is C56H65N3O. The fourth-order valence-electron chi connectivity index (χ4n) is 8.19. The molecule has 4 nitrogen and oxygen atoms in total. The molecule has 0 saturated carbocycles. The van der Waals surface area contributed by atoms with E-state index in [0.29, 0.717) is 11.4 Å².